The lowest BCUT2D eigenvalue weighted by Gasteiger charge is -2.24. The van der Waals surface area contributed by atoms with Crippen molar-refractivity contribution in [2.75, 3.05) is 11.4 Å². The maximum atomic E-state index is 11.2. The molecule has 0 atom stereocenters. The van der Waals surface area contributed by atoms with Crippen molar-refractivity contribution in [2.24, 2.45) is 0 Å². The maximum absolute atomic E-state index is 11.2. The summed E-state index contributed by atoms with van der Waals surface area (Å²) in [6.07, 6.45) is 4.15. The second-order valence-corrected chi connectivity index (χ2v) is 5.57. The molecule has 0 unspecified atom stereocenters. The van der Waals surface area contributed by atoms with E-state index in [4.69, 9.17) is 9.63 Å². The van der Waals surface area contributed by atoms with Crippen molar-refractivity contribution < 1.29 is 14.4 Å². The number of aromatic carboxylic acids is 1. The molecule has 1 saturated carbocycles. The molecule has 0 aromatic carbocycles. The number of carboxylic acid groups (broad SMARTS) is 1. The number of aromatic amines is 1. The number of carbonyl (C=O) groups is 1. The van der Waals surface area contributed by atoms with Gasteiger partial charge in [-0.2, -0.15) is 10.1 Å². The molecule has 4 rings (SSSR count). The van der Waals surface area contributed by atoms with Gasteiger partial charge in [0.2, 0.25) is 0 Å². The number of nitrogens with zero attached hydrogens (tertiary/aromatic N) is 4. The van der Waals surface area contributed by atoms with Gasteiger partial charge in [0.05, 0.1) is 6.54 Å². The second kappa shape index (κ2) is 4.57. The third-order valence-corrected chi connectivity index (χ3v) is 4.31. The number of nitrogens with one attached hydrogen (secondary N) is 1. The van der Waals surface area contributed by atoms with Crippen LogP contribution >= 0.6 is 0 Å². The van der Waals surface area contributed by atoms with Crippen molar-refractivity contribution in [3.63, 3.8) is 0 Å². The van der Waals surface area contributed by atoms with Gasteiger partial charge in [0, 0.05) is 30.1 Å². The van der Waals surface area contributed by atoms with Gasteiger partial charge in [0.15, 0.2) is 11.5 Å². The van der Waals surface area contributed by atoms with Gasteiger partial charge < -0.3 is 14.5 Å². The Hall–Kier alpha value is -2.38. The lowest BCUT2D eigenvalue weighted by Crippen LogP contribution is -2.31. The summed E-state index contributed by atoms with van der Waals surface area (Å²) in [5, 5.41) is 19.9. The van der Waals surface area contributed by atoms with E-state index in [0.29, 0.717) is 37.0 Å². The van der Waals surface area contributed by atoms with Crippen molar-refractivity contribution in [1.29, 1.82) is 0 Å². The van der Waals surface area contributed by atoms with E-state index < -0.39 is 5.97 Å². The van der Waals surface area contributed by atoms with Crippen LogP contribution in [-0.4, -0.2) is 38.0 Å². The van der Waals surface area contributed by atoms with Crippen LogP contribution in [-0.2, 0) is 13.0 Å². The molecular formula is C13H15N5O3. The number of rotatable bonds is 3. The quantitative estimate of drug-likeness (QED) is 0.877. The van der Waals surface area contributed by atoms with Crippen molar-refractivity contribution in [2.45, 2.75) is 38.1 Å². The van der Waals surface area contributed by atoms with Crippen LogP contribution in [0.15, 0.2) is 4.52 Å². The Bertz CT molecular complexity index is 688. The molecule has 1 fully saturated rings. The van der Waals surface area contributed by atoms with Gasteiger partial charge >= 0.3 is 12.0 Å². The van der Waals surface area contributed by atoms with Crippen LogP contribution in [0.25, 0.3) is 0 Å². The average Bonchev–Trinajstić information content (AvgIpc) is 3.02. The molecule has 8 nitrogen and oxygen atoms in total. The number of anilines is 1. The fourth-order valence-corrected chi connectivity index (χ4v) is 2.82. The molecule has 8 heteroatoms. The van der Waals surface area contributed by atoms with E-state index in [1.807, 2.05) is 4.90 Å². The monoisotopic (exact) mass is 289 g/mol. The van der Waals surface area contributed by atoms with Crippen molar-refractivity contribution >= 4 is 12.0 Å². The van der Waals surface area contributed by atoms with Crippen LogP contribution in [0, 0.1) is 0 Å². The zero-order valence-corrected chi connectivity index (χ0v) is 11.4. The fourth-order valence-electron chi connectivity index (χ4n) is 2.82. The van der Waals surface area contributed by atoms with Crippen LogP contribution in [0.4, 0.5) is 6.01 Å². The normalized spacial score (nSPS) is 18.4. The highest BCUT2D eigenvalue weighted by atomic mass is 16.5. The first kappa shape index (κ1) is 12.4. The molecule has 2 aliphatic rings. The summed E-state index contributed by atoms with van der Waals surface area (Å²) in [5.74, 6) is 0.175. The number of carboxylic acids is 1. The molecule has 2 N–H and O–H groups in total. The summed E-state index contributed by atoms with van der Waals surface area (Å²) in [4.78, 5) is 17.5. The van der Waals surface area contributed by atoms with E-state index in [-0.39, 0.29) is 5.69 Å². The zero-order valence-electron chi connectivity index (χ0n) is 11.4. The van der Waals surface area contributed by atoms with E-state index in [1.165, 1.54) is 6.42 Å². The molecule has 1 aliphatic heterocycles. The molecular weight excluding hydrogens is 274 g/mol. The molecule has 3 heterocycles. The Labute approximate surface area is 120 Å². The molecule has 21 heavy (non-hydrogen) atoms. The van der Waals surface area contributed by atoms with Crippen molar-refractivity contribution in [3.05, 3.63) is 22.8 Å². The van der Waals surface area contributed by atoms with E-state index in [0.717, 1.165) is 24.4 Å². The predicted molar refractivity (Wildman–Crippen MR) is 71.2 cm³/mol. The largest absolute Gasteiger partial charge is 0.476 e. The highest BCUT2D eigenvalue weighted by molar-refractivity contribution is 5.87. The van der Waals surface area contributed by atoms with E-state index in [9.17, 15) is 4.79 Å². The molecule has 0 spiro atoms. The summed E-state index contributed by atoms with van der Waals surface area (Å²) >= 11 is 0. The van der Waals surface area contributed by atoms with Gasteiger partial charge in [-0.3, -0.25) is 5.10 Å². The van der Waals surface area contributed by atoms with E-state index in [2.05, 4.69) is 20.3 Å². The van der Waals surface area contributed by atoms with E-state index >= 15 is 0 Å². The molecule has 2 aromatic heterocycles. The zero-order chi connectivity index (χ0) is 14.4. The van der Waals surface area contributed by atoms with Gasteiger partial charge in [-0.25, -0.2) is 4.79 Å². The highest BCUT2D eigenvalue weighted by Crippen LogP contribution is 2.35. The van der Waals surface area contributed by atoms with Gasteiger partial charge in [0.1, 0.15) is 0 Å². The van der Waals surface area contributed by atoms with Crippen LogP contribution in [0.3, 0.4) is 0 Å². The first-order chi connectivity index (χ1) is 10.2. The molecule has 110 valence electrons. The molecule has 1 aliphatic carbocycles. The minimum Gasteiger partial charge on any atom is -0.476 e. The summed E-state index contributed by atoms with van der Waals surface area (Å²) in [6, 6.07) is 0.472. The standard InChI is InChI=1S/C13H15N5O3/c19-12(20)10-8-6-18(5-4-9(8)15-16-10)13-14-11(17-21-13)7-2-1-3-7/h7H,1-6H2,(H,15,16)(H,19,20). The third-order valence-electron chi connectivity index (χ3n) is 4.31. The first-order valence-corrected chi connectivity index (χ1v) is 7.10. The Morgan fingerprint density at radius 1 is 1.43 bits per heavy atom. The molecule has 2 aromatic rings. The summed E-state index contributed by atoms with van der Waals surface area (Å²) in [5.41, 5.74) is 1.66. The SMILES string of the molecule is O=C(O)c1n[nH]c2c1CN(c1nc(C3CCC3)no1)CC2. The fraction of sp³-hybridized carbons (Fsp3) is 0.538. The molecule has 0 bridgehead atoms. The first-order valence-electron chi connectivity index (χ1n) is 7.10. The maximum Gasteiger partial charge on any atom is 0.356 e. The molecule has 0 amide bonds. The number of hydrogen-bond acceptors (Lipinski definition) is 6. The minimum absolute atomic E-state index is 0.0773. The van der Waals surface area contributed by atoms with Gasteiger partial charge in [-0.15, -0.1) is 0 Å². The van der Waals surface area contributed by atoms with Gasteiger partial charge in [-0.05, 0) is 12.8 Å². The van der Waals surface area contributed by atoms with Gasteiger partial charge in [-0.1, -0.05) is 11.6 Å². The lowest BCUT2D eigenvalue weighted by atomic mass is 9.85. The third kappa shape index (κ3) is 1.98. The van der Waals surface area contributed by atoms with Crippen LogP contribution in [0.2, 0.25) is 0 Å². The minimum atomic E-state index is -1.02. The van der Waals surface area contributed by atoms with Crippen molar-refractivity contribution in [3.8, 4) is 0 Å². The average molecular weight is 289 g/mol. The number of H-pyrrole nitrogens is 1. The Balaban J connectivity index is 1.58. The highest BCUT2D eigenvalue weighted by Gasteiger charge is 2.30. The Morgan fingerprint density at radius 2 is 2.29 bits per heavy atom. The Kier molecular flexibility index (Phi) is 2.69. The van der Waals surface area contributed by atoms with Crippen molar-refractivity contribution in [1.82, 2.24) is 20.3 Å². The van der Waals surface area contributed by atoms with Gasteiger partial charge in [0.25, 0.3) is 0 Å². The predicted octanol–water partition coefficient (Wildman–Crippen LogP) is 1.32. The molecule has 0 radical (unpaired) electrons. The summed E-state index contributed by atoms with van der Waals surface area (Å²) in [6.45, 7) is 1.14. The number of hydrogen-bond donors (Lipinski definition) is 2. The topological polar surface area (TPSA) is 108 Å². The summed E-state index contributed by atoms with van der Waals surface area (Å²) in [7, 11) is 0. The second-order valence-electron chi connectivity index (χ2n) is 5.57. The summed E-state index contributed by atoms with van der Waals surface area (Å²) < 4.78 is 5.34. The number of fused-ring (bicyclic) bond motifs is 1. The lowest BCUT2D eigenvalue weighted by molar-refractivity contribution is 0.0689. The smallest absolute Gasteiger partial charge is 0.356 e. The van der Waals surface area contributed by atoms with E-state index in [1.54, 1.807) is 0 Å². The Morgan fingerprint density at radius 3 is 3.00 bits per heavy atom. The van der Waals surface area contributed by atoms with Crippen LogP contribution in [0.5, 0.6) is 0 Å². The van der Waals surface area contributed by atoms with Crippen LogP contribution in [0.1, 0.15) is 52.8 Å². The van der Waals surface area contributed by atoms with Crippen LogP contribution < -0.4 is 4.90 Å². The molecule has 0 saturated heterocycles. The number of aromatic nitrogens is 4.